The van der Waals surface area contributed by atoms with E-state index in [1.807, 2.05) is 0 Å². The number of nitrogens with zero attached hydrogens (tertiary/aromatic N) is 1. The molecule has 1 radical (unpaired) electrons. The first-order valence-electron chi connectivity index (χ1n) is 1.97. The van der Waals surface area contributed by atoms with Gasteiger partial charge in [0.15, 0.2) is 0 Å². The van der Waals surface area contributed by atoms with Gasteiger partial charge in [0, 0.05) is 5.70 Å². The highest BCUT2D eigenvalue weighted by molar-refractivity contribution is 5.79. The van der Waals surface area contributed by atoms with Crippen molar-refractivity contribution in [3.05, 3.63) is 11.9 Å². The maximum absolute atomic E-state index is 10.1. The molecule has 0 spiro atoms. The minimum absolute atomic E-state index is 0.266. The average Bonchev–Trinajstić information content (AvgIpc) is 1.87. The third-order valence-electron chi connectivity index (χ3n) is 0.680. The maximum Gasteiger partial charge on any atom is 0.345 e. The number of amides is 2. The average molecular weight is 97.1 g/mol. The van der Waals surface area contributed by atoms with Gasteiger partial charge in [-0.1, -0.05) is 0 Å². The van der Waals surface area contributed by atoms with Crippen molar-refractivity contribution in [3.8, 4) is 0 Å². The van der Waals surface area contributed by atoms with E-state index in [-0.39, 0.29) is 6.03 Å². The van der Waals surface area contributed by atoms with Gasteiger partial charge >= 0.3 is 6.03 Å². The lowest BCUT2D eigenvalue weighted by Gasteiger charge is -1.85. The molecule has 0 aromatic rings. The van der Waals surface area contributed by atoms with E-state index in [9.17, 15) is 4.79 Å². The van der Waals surface area contributed by atoms with Gasteiger partial charge in [0.25, 0.3) is 0 Å². The first-order chi connectivity index (χ1) is 3.29. The van der Waals surface area contributed by atoms with Crippen molar-refractivity contribution in [2.75, 3.05) is 0 Å². The van der Waals surface area contributed by atoms with Crippen molar-refractivity contribution in [1.82, 2.24) is 10.6 Å². The maximum atomic E-state index is 10.1. The highest BCUT2D eigenvalue weighted by atomic mass is 16.2. The van der Waals surface area contributed by atoms with Crippen LogP contribution in [0.15, 0.2) is 11.9 Å². The van der Waals surface area contributed by atoms with Crippen LogP contribution in [0.5, 0.6) is 0 Å². The first-order valence-corrected chi connectivity index (χ1v) is 1.97. The van der Waals surface area contributed by atoms with Crippen molar-refractivity contribution in [2.45, 2.75) is 6.92 Å². The monoisotopic (exact) mass is 97.0 g/mol. The summed E-state index contributed by atoms with van der Waals surface area (Å²) < 4.78 is 0. The fraction of sp³-hybridized carbons (Fsp3) is 0.250. The zero-order chi connectivity index (χ0) is 5.28. The summed E-state index contributed by atoms with van der Waals surface area (Å²) in [5.41, 5.74) is 0.810. The van der Waals surface area contributed by atoms with E-state index in [4.69, 9.17) is 0 Å². The fourth-order valence-corrected chi connectivity index (χ4v) is 0.389. The summed E-state index contributed by atoms with van der Waals surface area (Å²) in [6.07, 6.45) is 1.50. The van der Waals surface area contributed by atoms with Crippen molar-refractivity contribution in [2.24, 2.45) is 0 Å². The van der Waals surface area contributed by atoms with Gasteiger partial charge in [-0.05, 0) is 6.92 Å². The lowest BCUT2D eigenvalue weighted by Crippen LogP contribution is -2.17. The molecule has 2 amide bonds. The minimum atomic E-state index is -0.266. The number of carbonyl (C=O) groups excluding carboxylic acids is 1. The van der Waals surface area contributed by atoms with Crippen molar-refractivity contribution >= 4 is 6.03 Å². The summed E-state index contributed by atoms with van der Waals surface area (Å²) in [7, 11) is 0. The van der Waals surface area contributed by atoms with E-state index < -0.39 is 0 Å². The second-order valence-electron chi connectivity index (χ2n) is 1.37. The van der Waals surface area contributed by atoms with Crippen LogP contribution in [0.25, 0.3) is 0 Å². The second-order valence-corrected chi connectivity index (χ2v) is 1.37. The van der Waals surface area contributed by atoms with Gasteiger partial charge in [-0.3, -0.25) is 0 Å². The first kappa shape index (κ1) is 4.18. The molecule has 37 valence electrons. The van der Waals surface area contributed by atoms with Crippen LogP contribution in [0, 0.1) is 0 Å². The van der Waals surface area contributed by atoms with E-state index in [0.29, 0.717) is 0 Å². The highest BCUT2D eigenvalue weighted by Crippen LogP contribution is 1.90. The van der Waals surface area contributed by atoms with E-state index in [1.54, 1.807) is 6.92 Å². The summed E-state index contributed by atoms with van der Waals surface area (Å²) in [6, 6.07) is -0.266. The molecule has 1 aliphatic heterocycles. The zero-order valence-corrected chi connectivity index (χ0v) is 3.93. The minimum Gasteiger partial charge on any atom is -0.309 e. The molecule has 0 atom stereocenters. The molecule has 1 N–H and O–H groups in total. The fourth-order valence-electron chi connectivity index (χ4n) is 0.389. The quantitative estimate of drug-likeness (QED) is 0.460. The number of carbonyl (C=O) groups is 1. The van der Waals surface area contributed by atoms with Crippen molar-refractivity contribution in [3.63, 3.8) is 0 Å². The van der Waals surface area contributed by atoms with Gasteiger partial charge in [-0.25, -0.2) is 10.1 Å². The molecular formula is C4H5N2O. The second kappa shape index (κ2) is 1.26. The summed E-state index contributed by atoms with van der Waals surface area (Å²) in [6.45, 7) is 1.79. The van der Waals surface area contributed by atoms with Crippen LogP contribution in [0.2, 0.25) is 0 Å². The molecule has 0 saturated heterocycles. The van der Waals surface area contributed by atoms with E-state index >= 15 is 0 Å². The third-order valence-corrected chi connectivity index (χ3v) is 0.680. The van der Waals surface area contributed by atoms with Gasteiger partial charge in [-0.2, -0.15) is 0 Å². The van der Waals surface area contributed by atoms with Crippen LogP contribution in [0.3, 0.4) is 0 Å². The Morgan fingerprint density at radius 1 is 1.86 bits per heavy atom. The van der Waals surface area contributed by atoms with Gasteiger partial charge in [0.1, 0.15) is 0 Å². The Hall–Kier alpha value is -0.990. The standard InChI is InChI=1S/C4H5N2O/c1-3-2-5-4(7)6-3/h2H,1H3,(H,6,7). The molecule has 0 saturated carbocycles. The Balaban J connectivity index is 2.58. The molecule has 3 heteroatoms. The van der Waals surface area contributed by atoms with Gasteiger partial charge in [0.05, 0.1) is 6.20 Å². The van der Waals surface area contributed by atoms with E-state index in [0.717, 1.165) is 5.70 Å². The topological polar surface area (TPSA) is 43.2 Å². The Bertz CT molecular complexity index is 128. The SMILES string of the molecule is CC1=C[N]C(=O)N1. The van der Waals surface area contributed by atoms with Crippen LogP contribution in [0.1, 0.15) is 6.92 Å². The molecule has 0 aromatic carbocycles. The van der Waals surface area contributed by atoms with E-state index in [2.05, 4.69) is 10.6 Å². The molecule has 0 fully saturated rings. The molecule has 0 aliphatic carbocycles. The summed E-state index contributed by atoms with van der Waals surface area (Å²) >= 11 is 0. The smallest absolute Gasteiger partial charge is 0.309 e. The molecule has 3 nitrogen and oxygen atoms in total. The van der Waals surface area contributed by atoms with Crippen LogP contribution < -0.4 is 10.6 Å². The third kappa shape index (κ3) is 0.707. The number of hydrogen-bond donors (Lipinski definition) is 1. The molecule has 0 unspecified atom stereocenters. The molecule has 7 heavy (non-hydrogen) atoms. The van der Waals surface area contributed by atoms with Gasteiger partial charge in [0.2, 0.25) is 0 Å². The number of allylic oxidation sites excluding steroid dienone is 1. The molecule has 1 heterocycles. The summed E-state index contributed by atoms with van der Waals surface area (Å²) in [5.74, 6) is 0. The zero-order valence-electron chi connectivity index (χ0n) is 3.93. The molecule has 1 rings (SSSR count). The number of rotatable bonds is 0. The van der Waals surface area contributed by atoms with E-state index in [1.165, 1.54) is 6.20 Å². The predicted octanol–water partition coefficient (Wildman–Crippen LogP) is 0.175. The number of nitrogens with one attached hydrogen (secondary N) is 1. The highest BCUT2D eigenvalue weighted by Gasteiger charge is 2.05. The largest absolute Gasteiger partial charge is 0.345 e. The Labute approximate surface area is 41.4 Å². The van der Waals surface area contributed by atoms with Crippen LogP contribution >= 0.6 is 0 Å². The van der Waals surface area contributed by atoms with Gasteiger partial charge in [-0.15, -0.1) is 0 Å². The van der Waals surface area contributed by atoms with Crippen molar-refractivity contribution in [1.29, 1.82) is 0 Å². The molecule has 0 bridgehead atoms. The molecular weight excluding hydrogens is 92.1 g/mol. The van der Waals surface area contributed by atoms with Crippen LogP contribution in [0.4, 0.5) is 4.79 Å². The normalized spacial score (nSPS) is 17.9. The Kier molecular flexibility index (Phi) is 0.749. The van der Waals surface area contributed by atoms with Gasteiger partial charge < -0.3 is 5.32 Å². The molecule has 0 aromatic heterocycles. The van der Waals surface area contributed by atoms with Crippen LogP contribution in [-0.4, -0.2) is 6.03 Å². The number of urea groups is 1. The Morgan fingerprint density at radius 2 is 2.57 bits per heavy atom. The lowest BCUT2D eigenvalue weighted by atomic mass is 10.6. The van der Waals surface area contributed by atoms with Crippen molar-refractivity contribution < 1.29 is 4.79 Å². The Morgan fingerprint density at radius 3 is 2.71 bits per heavy atom. The summed E-state index contributed by atoms with van der Waals surface area (Å²) in [5, 5.41) is 5.88. The lowest BCUT2D eigenvalue weighted by molar-refractivity contribution is 0.248. The number of hydrogen-bond acceptors (Lipinski definition) is 1. The van der Waals surface area contributed by atoms with Crippen LogP contribution in [-0.2, 0) is 0 Å². The summed E-state index contributed by atoms with van der Waals surface area (Å²) in [4.78, 5) is 10.1. The predicted molar refractivity (Wildman–Crippen MR) is 24.4 cm³/mol. The molecule has 1 aliphatic rings.